The van der Waals surface area contributed by atoms with Crippen LogP contribution >= 0.6 is 0 Å². The van der Waals surface area contributed by atoms with Crippen molar-refractivity contribution in [2.24, 2.45) is 0 Å². The molecule has 0 spiro atoms. The van der Waals surface area contributed by atoms with Crippen molar-refractivity contribution < 1.29 is 48.7 Å². The Morgan fingerprint density at radius 1 is 0.540 bits per heavy atom. The van der Waals surface area contributed by atoms with E-state index < -0.39 is 0 Å². The van der Waals surface area contributed by atoms with Crippen molar-refractivity contribution in [3.63, 3.8) is 0 Å². The Morgan fingerprint density at radius 3 is 1.14 bits per heavy atom. The van der Waals surface area contributed by atoms with E-state index in [2.05, 4.69) is 186 Å². The van der Waals surface area contributed by atoms with Gasteiger partial charge in [0.2, 0.25) is 0 Å². The quantitative estimate of drug-likeness (QED) is 0.132. The Morgan fingerprint density at radius 2 is 0.880 bits per heavy atom. The van der Waals surface area contributed by atoms with Crippen LogP contribution < -0.4 is 24.8 Å². The van der Waals surface area contributed by atoms with Gasteiger partial charge in [0.1, 0.15) is 0 Å². The van der Waals surface area contributed by atoms with Gasteiger partial charge in [-0.15, -0.1) is 46.2 Å². The van der Waals surface area contributed by atoms with Gasteiger partial charge in [-0.1, -0.05) is 117 Å². The molecule has 0 radical (unpaired) electrons. The van der Waals surface area contributed by atoms with Crippen LogP contribution in [0.5, 0.6) is 0 Å². The summed E-state index contributed by atoms with van der Waals surface area (Å²) in [6, 6.07) is 33.5. The number of allylic oxidation sites excluding steroid dienone is 4. The molecule has 0 fully saturated rings. The SMILES string of the molecule is CC(C)(C)c1cc2[cH-]c3cc(C(C)(C)C)c(C(C)(C)C)cc3c2cc1C(C)(C)C.[C-]1=CC=CC1.[Cl-].[Cl-].[Hf+2]=[C](c1ccccc1)c1ccccc1. The Hall–Kier alpha value is -2.45. The third-order valence-electron chi connectivity index (χ3n) is 8.92. The fourth-order valence-electron chi connectivity index (χ4n) is 6.30. The van der Waals surface area contributed by atoms with Crippen LogP contribution in [0, 0.1) is 6.08 Å². The van der Waals surface area contributed by atoms with Crippen LogP contribution in [0.25, 0.3) is 21.5 Å². The third-order valence-corrected chi connectivity index (χ3v) is 11.0. The number of rotatable bonds is 2. The van der Waals surface area contributed by atoms with E-state index in [1.807, 2.05) is 12.2 Å². The molecule has 0 aliphatic heterocycles. The first-order valence-corrected chi connectivity index (χ1v) is 19.2. The van der Waals surface area contributed by atoms with Gasteiger partial charge in [0.15, 0.2) is 0 Å². The van der Waals surface area contributed by atoms with Gasteiger partial charge in [-0.25, -0.2) is 12.2 Å². The minimum atomic E-state index is 0. The van der Waals surface area contributed by atoms with Crippen LogP contribution in [0.1, 0.15) is 123 Å². The zero-order valence-electron chi connectivity index (χ0n) is 32.4. The second kappa shape index (κ2) is 17.4. The standard InChI is InChI=1S/C29H41.C13H10.C5H5.2ClH.Hf/c1-26(2,3)22-14-18-13-19-15-23(27(4,5)6)25(29(10,11)12)17-21(19)20(18)16-24(22)28(7,8)9;1-3-7-12(8-4-1)11-13-9-5-2-6-10-13;1-2-4-5-3-1;;;/h13-17H,1-12H3;1-10H;1-3H,4H2;2*1H;/q-1;;-1;;;+2/p-2. The van der Waals surface area contributed by atoms with Crippen molar-refractivity contribution in [2.45, 2.75) is 111 Å². The van der Waals surface area contributed by atoms with Gasteiger partial charge in [-0.05, 0) is 21.7 Å². The molecular formula is C47H56Cl2Hf-2. The zero-order chi connectivity index (χ0) is 35.5. The van der Waals surface area contributed by atoms with E-state index in [1.54, 1.807) is 0 Å². The van der Waals surface area contributed by atoms with Crippen molar-refractivity contribution in [1.29, 1.82) is 0 Å². The second-order valence-corrected chi connectivity index (χ2v) is 19.0. The molecular weight excluding hydrogens is 814 g/mol. The first-order chi connectivity index (χ1) is 22.3. The molecule has 0 nitrogen and oxygen atoms in total. The van der Waals surface area contributed by atoms with E-state index in [1.165, 1.54) is 58.2 Å². The summed E-state index contributed by atoms with van der Waals surface area (Å²) in [4.78, 5) is 0. The molecule has 0 saturated carbocycles. The summed E-state index contributed by atoms with van der Waals surface area (Å²) in [5.74, 6) is 0. The number of hydrogen-bond donors (Lipinski definition) is 0. The van der Waals surface area contributed by atoms with E-state index in [4.69, 9.17) is 0 Å². The molecule has 0 bridgehead atoms. The van der Waals surface area contributed by atoms with E-state index in [0.717, 1.165) is 30.3 Å². The molecule has 0 saturated heterocycles. The Balaban J connectivity index is 0.000000341. The summed E-state index contributed by atoms with van der Waals surface area (Å²) in [5.41, 5.74) is 9.11. The van der Waals surface area contributed by atoms with Gasteiger partial charge in [-0.3, -0.25) is 6.08 Å². The molecule has 50 heavy (non-hydrogen) atoms. The molecule has 1 aliphatic rings. The van der Waals surface area contributed by atoms with E-state index in [0.29, 0.717) is 0 Å². The molecule has 0 unspecified atom stereocenters. The first-order valence-electron chi connectivity index (χ1n) is 17.4. The molecule has 0 amide bonds. The maximum absolute atomic E-state index is 2.99. The molecule has 6 rings (SSSR count). The van der Waals surface area contributed by atoms with Crippen LogP contribution in [-0.4, -0.2) is 3.26 Å². The third kappa shape index (κ3) is 11.0. The van der Waals surface area contributed by atoms with E-state index in [-0.39, 0.29) is 46.5 Å². The molecule has 5 aromatic rings. The molecule has 5 aromatic carbocycles. The average Bonchev–Trinajstić information content (AvgIpc) is 3.71. The van der Waals surface area contributed by atoms with Gasteiger partial charge >= 0.3 is 98.9 Å². The number of benzene rings is 4. The summed E-state index contributed by atoms with van der Waals surface area (Å²) in [5, 5.41) is 5.57. The van der Waals surface area contributed by atoms with Crippen LogP contribution in [0.3, 0.4) is 0 Å². The predicted molar refractivity (Wildman–Crippen MR) is 210 cm³/mol. The van der Waals surface area contributed by atoms with Crippen LogP contribution in [0.15, 0.2) is 109 Å². The normalized spacial score (nSPS) is 12.8. The molecule has 3 heteroatoms. The van der Waals surface area contributed by atoms with Gasteiger partial charge in [0.25, 0.3) is 0 Å². The van der Waals surface area contributed by atoms with Gasteiger partial charge in [0.05, 0.1) is 0 Å². The molecule has 0 aromatic heterocycles. The number of fused-ring (bicyclic) bond motifs is 3. The van der Waals surface area contributed by atoms with Gasteiger partial charge in [0, 0.05) is 0 Å². The fourth-order valence-corrected chi connectivity index (χ4v) is 7.50. The van der Waals surface area contributed by atoms with Crippen molar-refractivity contribution in [2.75, 3.05) is 0 Å². The van der Waals surface area contributed by atoms with E-state index in [9.17, 15) is 0 Å². The Kier molecular flexibility index (Phi) is 15.2. The molecule has 1 aliphatic carbocycles. The first kappa shape index (κ1) is 43.7. The van der Waals surface area contributed by atoms with E-state index >= 15 is 0 Å². The number of halogens is 2. The van der Waals surface area contributed by atoms with Crippen molar-refractivity contribution in [3.8, 4) is 0 Å². The van der Waals surface area contributed by atoms with Crippen LogP contribution in [-0.2, 0) is 45.6 Å². The molecule has 0 N–H and O–H groups in total. The number of hydrogen-bond acceptors (Lipinski definition) is 0. The Bertz CT molecular complexity index is 1770. The summed E-state index contributed by atoms with van der Waals surface area (Å²) in [7, 11) is 0. The summed E-state index contributed by atoms with van der Waals surface area (Å²) in [6.45, 7) is 28.0. The summed E-state index contributed by atoms with van der Waals surface area (Å²) in [6.07, 6.45) is 10.0. The zero-order valence-corrected chi connectivity index (χ0v) is 37.5. The average molecular weight is 870 g/mol. The summed E-state index contributed by atoms with van der Waals surface area (Å²) < 4.78 is 1.46. The monoisotopic (exact) mass is 870 g/mol. The van der Waals surface area contributed by atoms with Crippen LogP contribution in [0.4, 0.5) is 0 Å². The second-order valence-electron chi connectivity index (χ2n) is 17.2. The predicted octanol–water partition coefficient (Wildman–Crippen LogP) is 7.02. The van der Waals surface area contributed by atoms with Crippen molar-refractivity contribution in [1.82, 2.24) is 0 Å². The fraction of sp³-hybridized carbons (Fsp3) is 0.362. The summed E-state index contributed by atoms with van der Waals surface area (Å²) >= 11 is 1.08. The Labute approximate surface area is 331 Å². The van der Waals surface area contributed by atoms with Gasteiger partial charge < -0.3 is 24.8 Å². The molecule has 264 valence electrons. The van der Waals surface area contributed by atoms with Crippen molar-refractivity contribution >= 4 is 24.8 Å². The van der Waals surface area contributed by atoms with Crippen LogP contribution in [0.2, 0.25) is 0 Å². The molecule has 0 heterocycles. The van der Waals surface area contributed by atoms with Gasteiger partial charge in [-0.2, -0.15) is 6.08 Å². The maximum atomic E-state index is 2.99. The molecule has 0 atom stereocenters. The topological polar surface area (TPSA) is 0 Å². The van der Waals surface area contributed by atoms with Crippen molar-refractivity contribution in [3.05, 3.63) is 149 Å². The minimum absolute atomic E-state index is 0.